The maximum atomic E-state index is 11.0. The monoisotopic (exact) mass is 281 g/mol. The van der Waals surface area contributed by atoms with Crippen molar-refractivity contribution in [2.45, 2.75) is 32.9 Å². The fourth-order valence-corrected chi connectivity index (χ4v) is 1.76. The molecule has 1 atom stereocenters. The molecule has 0 fully saturated rings. The van der Waals surface area contributed by atoms with Gasteiger partial charge in [-0.3, -0.25) is 9.69 Å². The number of likely N-dealkylation sites (N-methyl/N-ethyl adjacent to an activating group) is 1. The highest BCUT2D eigenvalue weighted by Crippen LogP contribution is 2.28. The molecule has 1 rings (SSSR count). The molecule has 0 bridgehead atoms. The number of hydrogen-bond acceptors (Lipinski definition) is 4. The van der Waals surface area contributed by atoms with E-state index in [0.717, 1.165) is 12.0 Å². The predicted molar refractivity (Wildman–Crippen MR) is 77.3 cm³/mol. The molecular weight excluding hydrogens is 258 g/mol. The third-order valence-electron chi connectivity index (χ3n) is 3.14. The lowest BCUT2D eigenvalue weighted by Crippen LogP contribution is -2.35. The van der Waals surface area contributed by atoms with Crippen molar-refractivity contribution in [3.8, 4) is 11.5 Å². The average molecular weight is 281 g/mol. The first kappa shape index (κ1) is 16.3. The lowest BCUT2D eigenvalue weighted by molar-refractivity contribution is -0.142. The predicted octanol–water partition coefficient (Wildman–Crippen LogP) is 2.39. The van der Waals surface area contributed by atoms with E-state index in [4.69, 9.17) is 14.6 Å². The molecule has 5 nitrogen and oxygen atoms in total. The minimum atomic E-state index is -0.830. The summed E-state index contributed by atoms with van der Waals surface area (Å²) in [6.07, 6.45) is 0.920. The number of carboxylic acid groups (broad SMARTS) is 1. The second-order valence-electron chi connectivity index (χ2n) is 4.76. The number of benzene rings is 1. The van der Waals surface area contributed by atoms with Gasteiger partial charge in [0.05, 0.1) is 13.7 Å². The largest absolute Gasteiger partial charge is 0.493 e. The minimum Gasteiger partial charge on any atom is -0.493 e. The van der Waals surface area contributed by atoms with Crippen LogP contribution in [0.25, 0.3) is 0 Å². The number of ether oxygens (including phenoxy) is 2. The molecule has 0 heterocycles. The molecule has 0 saturated heterocycles. The number of nitrogens with zero attached hydrogens (tertiary/aromatic N) is 1. The van der Waals surface area contributed by atoms with Gasteiger partial charge < -0.3 is 14.6 Å². The second-order valence-corrected chi connectivity index (χ2v) is 4.76. The van der Waals surface area contributed by atoms with Crippen molar-refractivity contribution in [2.75, 3.05) is 20.8 Å². The van der Waals surface area contributed by atoms with Crippen LogP contribution in [0.3, 0.4) is 0 Å². The molecular formula is C15H23NO4. The van der Waals surface area contributed by atoms with E-state index in [-0.39, 0.29) is 0 Å². The average Bonchev–Trinajstić information content (AvgIpc) is 2.44. The molecule has 0 radical (unpaired) electrons. The van der Waals surface area contributed by atoms with Crippen LogP contribution in [0.2, 0.25) is 0 Å². The molecule has 1 aromatic carbocycles. The summed E-state index contributed by atoms with van der Waals surface area (Å²) in [5.74, 6) is 0.558. The standard InChI is InChI=1S/C15H23NO4/c1-5-8-20-14-9-12(6-7-13(14)19-4)10-16(3)11(2)15(17)18/h6-7,9,11H,5,8,10H2,1-4H3,(H,17,18). The first-order valence-electron chi connectivity index (χ1n) is 6.72. The molecule has 0 saturated carbocycles. The van der Waals surface area contributed by atoms with Crippen molar-refractivity contribution in [2.24, 2.45) is 0 Å². The van der Waals surface area contributed by atoms with Crippen molar-refractivity contribution < 1.29 is 19.4 Å². The smallest absolute Gasteiger partial charge is 0.320 e. The second kappa shape index (κ2) is 7.75. The summed E-state index contributed by atoms with van der Waals surface area (Å²) in [6, 6.07) is 5.14. The summed E-state index contributed by atoms with van der Waals surface area (Å²) in [4.78, 5) is 12.7. The first-order chi connectivity index (χ1) is 9.49. The van der Waals surface area contributed by atoms with Gasteiger partial charge in [0.15, 0.2) is 11.5 Å². The van der Waals surface area contributed by atoms with Crippen molar-refractivity contribution in [3.05, 3.63) is 23.8 Å². The lowest BCUT2D eigenvalue weighted by atomic mass is 10.1. The molecule has 1 aromatic rings. The van der Waals surface area contributed by atoms with E-state index < -0.39 is 12.0 Å². The normalized spacial score (nSPS) is 12.2. The van der Waals surface area contributed by atoms with Gasteiger partial charge >= 0.3 is 5.97 Å². The molecule has 112 valence electrons. The van der Waals surface area contributed by atoms with Crippen LogP contribution in [0, 0.1) is 0 Å². The van der Waals surface area contributed by atoms with Crippen LogP contribution in [-0.4, -0.2) is 42.8 Å². The SMILES string of the molecule is CCCOc1cc(CN(C)C(C)C(=O)O)ccc1OC. The zero-order chi connectivity index (χ0) is 15.1. The Morgan fingerprint density at radius 2 is 2.10 bits per heavy atom. The summed E-state index contributed by atoms with van der Waals surface area (Å²) in [6.45, 7) is 4.88. The Morgan fingerprint density at radius 3 is 2.65 bits per heavy atom. The summed E-state index contributed by atoms with van der Waals surface area (Å²) >= 11 is 0. The number of methoxy groups -OCH3 is 1. The molecule has 5 heteroatoms. The third-order valence-corrected chi connectivity index (χ3v) is 3.14. The zero-order valence-corrected chi connectivity index (χ0v) is 12.5. The molecule has 0 aliphatic heterocycles. The van der Waals surface area contributed by atoms with Crippen LogP contribution in [0.1, 0.15) is 25.8 Å². The van der Waals surface area contributed by atoms with E-state index in [1.165, 1.54) is 0 Å². The van der Waals surface area contributed by atoms with Crippen molar-refractivity contribution in [3.63, 3.8) is 0 Å². The molecule has 0 aliphatic carbocycles. The lowest BCUT2D eigenvalue weighted by Gasteiger charge is -2.21. The molecule has 1 unspecified atom stereocenters. The summed E-state index contributed by atoms with van der Waals surface area (Å²) in [5, 5.41) is 9.00. The number of aliphatic carboxylic acids is 1. The Balaban J connectivity index is 2.83. The number of carboxylic acids is 1. The molecule has 0 aliphatic rings. The highest BCUT2D eigenvalue weighted by molar-refractivity contribution is 5.72. The van der Waals surface area contributed by atoms with Crippen molar-refractivity contribution in [1.29, 1.82) is 0 Å². The van der Waals surface area contributed by atoms with Crippen LogP contribution in [0.5, 0.6) is 11.5 Å². The van der Waals surface area contributed by atoms with Gasteiger partial charge in [0, 0.05) is 6.54 Å². The highest BCUT2D eigenvalue weighted by atomic mass is 16.5. The van der Waals surface area contributed by atoms with Crippen LogP contribution < -0.4 is 9.47 Å². The fraction of sp³-hybridized carbons (Fsp3) is 0.533. The Kier molecular flexibility index (Phi) is 6.31. The number of rotatable bonds is 8. The topological polar surface area (TPSA) is 59.0 Å². The summed E-state index contributed by atoms with van der Waals surface area (Å²) in [7, 11) is 3.39. The van der Waals surface area contributed by atoms with E-state index in [2.05, 4.69) is 0 Å². The van der Waals surface area contributed by atoms with Crippen molar-refractivity contribution >= 4 is 5.97 Å². The Bertz CT molecular complexity index is 447. The van der Waals surface area contributed by atoms with Crippen LogP contribution in [0.4, 0.5) is 0 Å². The number of carbonyl (C=O) groups is 1. The number of hydrogen-bond donors (Lipinski definition) is 1. The molecule has 0 amide bonds. The third kappa shape index (κ3) is 4.42. The van der Waals surface area contributed by atoms with Crippen LogP contribution in [0.15, 0.2) is 18.2 Å². The van der Waals surface area contributed by atoms with E-state index in [1.807, 2.05) is 25.1 Å². The van der Waals surface area contributed by atoms with E-state index in [9.17, 15) is 4.79 Å². The van der Waals surface area contributed by atoms with Gasteiger partial charge in [0.25, 0.3) is 0 Å². The van der Waals surface area contributed by atoms with E-state index in [0.29, 0.717) is 24.7 Å². The van der Waals surface area contributed by atoms with Gasteiger partial charge in [0.1, 0.15) is 6.04 Å². The summed E-state index contributed by atoms with van der Waals surface area (Å²) < 4.78 is 10.9. The van der Waals surface area contributed by atoms with E-state index in [1.54, 1.807) is 26.0 Å². The minimum absolute atomic E-state index is 0.530. The van der Waals surface area contributed by atoms with Gasteiger partial charge in [-0.1, -0.05) is 13.0 Å². The van der Waals surface area contributed by atoms with Gasteiger partial charge in [0.2, 0.25) is 0 Å². The Labute approximate surface area is 120 Å². The van der Waals surface area contributed by atoms with Gasteiger partial charge in [-0.2, -0.15) is 0 Å². The maximum absolute atomic E-state index is 11.0. The fourth-order valence-electron chi connectivity index (χ4n) is 1.76. The van der Waals surface area contributed by atoms with Crippen LogP contribution >= 0.6 is 0 Å². The van der Waals surface area contributed by atoms with Gasteiger partial charge in [-0.05, 0) is 38.1 Å². The molecule has 0 aromatic heterocycles. The maximum Gasteiger partial charge on any atom is 0.320 e. The van der Waals surface area contributed by atoms with Crippen LogP contribution in [-0.2, 0) is 11.3 Å². The summed E-state index contributed by atoms with van der Waals surface area (Å²) in [5.41, 5.74) is 0.993. The molecule has 1 N–H and O–H groups in total. The highest BCUT2D eigenvalue weighted by Gasteiger charge is 2.17. The quantitative estimate of drug-likeness (QED) is 0.793. The molecule has 0 spiro atoms. The zero-order valence-electron chi connectivity index (χ0n) is 12.5. The van der Waals surface area contributed by atoms with Crippen molar-refractivity contribution in [1.82, 2.24) is 4.90 Å². The Morgan fingerprint density at radius 1 is 1.40 bits per heavy atom. The Hall–Kier alpha value is -1.75. The molecule has 20 heavy (non-hydrogen) atoms. The van der Waals surface area contributed by atoms with Gasteiger partial charge in [-0.25, -0.2) is 0 Å². The van der Waals surface area contributed by atoms with E-state index >= 15 is 0 Å². The first-order valence-corrected chi connectivity index (χ1v) is 6.72. The van der Waals surface area contributed by atoms with Gasteiger partial charge in [-0.15, -0.1) is 0 Å².